The Morgan fingerprint density at radius 1 is 1.32 bits per heavy atom. The molecule has 4 rings (SSSR count). The third kappa shape index (κ3) is 3.82. The molecule has 1 aliphatic carbocycles. The van der Waals surface area contributed by atoms with Gasteiger partial charge in [-0.25, -0.2) is 4.98 Å². The Bertz CT molecular complexity index is 1140. The molecule has 0 saturated heterocycles. The number of aromatic nitrogens is 2. The molecule has 0 bridgehead atoms. The van der Waals surface area contributed by atoms with Crippen LogP contribution in [0, 0.1) is 11.3 Å². The van der Waals surface area contributed by atoms with Crippen molar-refractivity contribution in [3.05, 3.63) is 62.0 Å². The lowest BCUT2D eigenvalue weighted by Gasteiger charge is -2.09. The average molecular weight is 392 g/mol. The van der Waals surface area contributed by atoms with Crippen molar-refractivity contribution in [2.75, 3.05) is 0 Å². The first-order valence-corrected chi connectivity index (χ1v) is 10.2. The van der Waals surface area contributed by atoms with Gasteiger partial charge in [-0.2, -0.15) is 5.26 Å². The maximum Gasteiger partial charge on any atom is 0.259 e. The zero-order valence-electron chi connectivity index (χ0n) is 15.4. The largest absolute Gasteiger partial charge is 0.352 e. The Labute approximate surface area is 166 Å². The summed E-state index contributed by atoms with van der Waals surface area (Å²) in [5.41, 5.74) is 2.53. The summed E-state index contributed by atoms with van der Waals surface area (Å²) in [5.74, 6) is 0.438. The van der Waals surface area contributed by atoms with Crippen LogP contribution in [-0.4, -0.2) is 15.9 Å². The molecule has 3 aromatic rings. The quantitative estimate of drug-likeness (QED) is 0.697. The van der Waals surface area contributed by atoms with E-state index in [0.717, 1.165) is 35.0 Å². The highest BCUT2D eigenvalue weighted by Crippen LogP contribution is 2.33. The molecule has 28 heavy (non-hydrogen) atoms. The van der Waals surface area contributed by atoms with E-state index in [1.165, 1.54) is 16.9 Å². The highest BCUT2D eigenvalue weighted by atomic mass is 32.1. The van der Waals surface area contributed by atoms with Crippen LogP contribution in [0.4, 0.5) is 0 Å². The molecule has 0 spiro atoms. The van der Waals surface area contributed by atoms with Gasteiger partial charge in [0.15, 0.2) is 0 Å². The van der Waals surface area contributed by atoms with Gasteiger partial charge in [-0.05, 0) is 48.9 Å². The van der Waals surface area contributed by atoms with Crippen molar-refractivity contribution in [2.24, 2.45) is 0 Å². The zero-order valence-corrected chi connectivity index (χ0v) is 16.2. The van der Waals surface area contributed by atoms with Gasteiger partial charge in [0, 0.05) is 24.3 Å². The second-order valence-electron chi connectivity index (χ2n) is 6.99. The smallest absolute Gasteiger partial charge is 0.259 e. The predicted molar refractivity (Wildman–Crippen MR) is 108 cm³/mol. The summed E-state index contributed by atoms with van der Waals surface area (Å²) in [6, 6.07) is 9.23. The van der Waals surface area contributed by atoms with E-state index < -0.39 is 0 Å². The molecule has 0 radical (unpaired) electrons. The number of nitriles is 1. The Morgan fingerprint density at radius 2 is 2.18 bits per heavy atom. The topological polar surface area (TPSA) is 98.6 Å². The Hall–Kier alpha value is -2.98. The lowest BCUT2D eigenvalue weighted by molar-refractivity contribution is -0.121. The van der Waals surface area contributed by atoms with Crippen LogP contribution in [0.1, 0.15) is 46.7 Å². The van der Waals surface area contributed by atoms with E-state index in [1.807, 2.05) is 6.07 Å². The number of benzene rings is 1. The molecule has 0 fully saturated rings. The standard InChI is InChI=1S/C21H20N4O2S/c22-11-13-4-3-5-14(10-13)12-23-18(26)9-8-17-24-20(27)19-15-6-1-2-7-16(15)28-21(19)25-17/h3-5,10H,1-2,6-9,12H2,(H,23,26)(H,24,25,27). The van der Waals surface area contributed by atoms with E-state index in [4.69, 9.17) is 5.26 Å². The lowest BCUT2D eigenvalue weighted by atomic mass is 9.97. The van der Waals surface area contributed by atoms with E-state index >= 15 is 0 Å². The maximum atomic E-state index is 12.5. The fourth-order valence-electron chi connectivity index (χ4n) is 3.60. The summed E-state index contributed by atoms with van der Waals surface area (Å²) < 4.78 is 0. The number of amides is 1. The van der Waals surface area contributed by atoms with Crippen LogP contribution in [-0.2, 0) is 30.6 Å². The highest BCUT2D eigenvalue weighted by molar-refractivity contribution is 7.18. The number of hydrogen-bond acceptors (Lipinski definition) is 5. The van der Waals surface area contributed by atoms with Crippen molar-refractivity contribution in [1.82, 2.24) is 15.3 Å². The van der Waals surface area contributed by atoms with Crippen LogP contribution in [0.25, 0.3) is 10.2 Å². The number of aryl methyl sites for hydroxylation is 3. The minimum Gasteiger partial charge on any atom is -0.352 e. The number of aromatic amines is 1. The first-order chi connectivity index (χ1) is 13.6. The normalized spacial score (nSPS) is 13.1. The molecular formula is C21H20N4O2S. The molecule has 142 valence electrons. The number of thiophene rings is 1. The molecule has 2 N–H and O–H groups in total. The monoisotopic (exact) mass is 392 g/mol. The van der Waals surface area contributed by atoms with Crippen LogP contribution < -0.4 is 10.9 Å². The third-order valence-electron chi connectivity index (χ3n) is 5.01. The minimum absolute atomic E-state index is 0.0897. The number of H-pyrrole nitrogens is 1. The van der Waals surface area contributed by atoms with Gasteiger partial charge >= 0.3 is 0 Å². The van der Waals surface area contributed by atoms with Crippen molar-refractivity contribution in [1.29, 1.82) is 5.26 Å². The fourth-order valence-corrected chi connectivity index (χ4v) is 4.88. The van der Waals surface area contributed by atoms with Crippen LogP contribution in [0.15, 0.2) is 29.1 Å². The Kier molecular flexibility index (Phi) is 5.22. The average Bonchev–Trinajstić information content (AvgIpc) is 3.09. The molecule has 0 atom stereocenters. The number of hydrogen-bond donors (Lipinski definition) is 2. The van der Waals surface area contributed by atoms with Crippen LogP contribution >= 0.6 is 11.3 Å². The summed E-state index contributed by atoms with van der Waals surface area (Å²) in [6.07, 6.45) is 4.91. The van der Waals surface area contributed by atoms with Gasteiger partial charge in [0.1, 0.15) is 10.7 Å². The first kappa shape index (κ1) is 18.4. The third-order valence-corrected chi connectivity index (χ3v) is 6.19. The Morgan fingerprint density at radius 3 is 3.04 bits per heavy atom. The Balaban J connectivity index is 1.40. The molecule has 1 amide bonds. The molecule has 0 saturated carbocycles. The zero-order chi connectivity index (χ0) is 19.5. The van der Waals surface area contributed by atoms with E-state index in [-0.39, 0.29) is 17.9 Å². The van der Waals surface area contributed by atoms with E-state index in [0.29, 0.717) is 24.4 Å². The molecule has 7 heteroatoms. The molecular weight excluding hydrogens is 372 g/mol. The number of carbonyl (C=O) groups excluding carboxylic acids is 1. The van der Waals surface area contributed by atoms with Crippen LogP contribution in [0.5, 0.6) is 0 Å². The van der Waals surface area contributed by atoms with Gasteiger partial charge < -0.3 is 10.3 Å². The molecule has 2 aromatic heterocycles. The second kappa shape index (κ2) is 7.95. The van der Waals surface area contributed by atoms with Gasteiger partial charge in [-0.1, -0.05) is 12.1 Å². The van der Waals surface area contributed by atoms with Crippen molar-refractivity contribution in [3.63, 3.8) is 0 Å². The summed E-state index contributed by atoms with van der Waals surface area (Å²) in [4.78, 5) is 34.2. The molecule has 1 aliphatic rings. The number of rotatable bonds is 5. The molecule has 0 unspecified atom stereocenters. The maximum absolute atomic E-state index is 12.5. The summed E-state index contributed by atoms with van der Waals surface area (Å²) >= 11 is 1.62. The van der Waals surface area contributed by atoms with Crippen LogP contribution in [0.3, 0.4) is 0 Å². The number of nitrogens with one attached hydrogen (secondary N) is 2. The van der Waals surface area contributed by atoms with Gasteiger partial charge in [0.2, 0.25) is 5.91 Å². The second-order valence-corrected chi connectivity index (χ2v) is 8.08. The number of fused-ring (bicyclic) bond motifs is 3. The fraction of sp³-hybridized carbons (Fsp3) is 0.333. The van der Waals surface area contributed by atoms with Gasteiger partial charge in [-0.15, -0.1) is 11.3 Å². The number of carbonyl (C=O) groups is 1. The van der Waals surface area contributed by atoms with Gasteiger partial charge in [0.25, 0.3) is 5.56 Å². The molecule has 6 nitrogen and oxygen atoms in total. The highest BCUT2D eigenvalue weighted by Gasteiger charge is 2.19. The lowest BCUT2D eigenvalue weighted by Crippen LogP contribution is -2.23. The van der Waals surface area contributed by atoms with Crippen molar-refractivity contribution >= 4 is 27.5 Å². The van der Waals surface area contributed by atoms with E-state index in [9.17, 15) is 9.59 Å². The molecule has 1 aromatic carbocycles. The summed E-state index contributed by atoms with van der Waals surface area (Å²) in [7, 11) is 0. The SMILES string of the molecule is N#Cc1cccc(CNC(=O)CCc2nc3sc4c(c3c(=O)[nH]2)CCCC4)c1. The predicted octanol–water partition coefficient (Wildman–Crippen LogP) is 2.98. The van der Waals surface area contributed by atoms with Gasteiger partial charge in [-0.3, -0.25) is 9.59 Å². The molecule has 2 heterocycles. The van der Waals surface area contributed by atoms with Crippen molar-refractivity contribution < 1.29 is 4.79 Å². The summed E-state index contributed by atoms with van der Waals surface area (Å²) in [5, 5.41) is 12.5. The first-order valence-electron chi connectivity index (χ1n) is 9.43. The summed E-state index contributed by atoms with van der Waals surface area (Å²) in [6.45, 7) is 0.370. The minimum atomic E-state index is -0.115. The van der Waals surface area contributed by atoms with E-state index in [1.54, 1.807) is 29.5 Å². The van der Waals surface area contributed by atoms with Crippen molar-refractivity contribution in [3.8, 4) is 6.07 Å². The van der Waals surface area contributed by atoms with E-state index in [2.05, 4.69) is 21.4 Å². The number of nitrogens with zero attached hydrogens (tertiary/aromatic N) is 2. The van der Waals surface area contributed by atoms with Crippen LogP contribution in [0.2, 0.25) is 0 Å². The molecule has 0 aliphatic heterocycles. The van der Waals surface area contributed by atoms with Crippen molar-refractivity contribution in [2.45, 2.75) is 45.1 Å². The van der Waals surface area contributed by atoms with Gasteiger partial charge in [0.05, 0.1) is 17.0 Å².